The van der Waals surface area contributed by atoms with Crippen LogP contribution in [0.1, 0.15) is 34.0 Å². The van der Waals surface area contributed by atoms with Crippen molar-refractivity contribution >= 4 is 27.3 Å². The monoisotopic (exact) mass is 354 g/mol. The van der Waals surface area contributed by atoms with E-state index >= 15 is 0 Å². The molecule has 9 heteroatoms. The highest BCUT2D eigenvalue weighted by Crippen LogP contribution is 2.18. The number of carbonyl (C=O) groups is 1. The largest absolute Gasteiger partial charge is 0.344 e. The van der Waals surface area contributed by atoms with Crippen LogP contribution < -0.4 is 15.8 Å². The number of hydrogen-bond acceptors (Lipinski definition) is 6. The van der Waals surface area contributed by atoms with Gasteiger partial charge >= 0.3 is 0 Å². The van der Waals surface area contributed by atoms with Gasteiger partial charge in [0.05, 0.1) is 10.9 Å². The fourth-order valence-electron chi connectivity index (χ4n) is 1.93. The van der Waals surface area contributed by atoms with Crippen LogP contribution in [0.2, 0.25) is 0 Å². The van der Waals surface area contributed by atoms with E-state index in [0.717, 1.165) is 0 Å². The summed E-state index contributed by atoms with van der Waals surface area (Å²) in [4.78, 5) is 16.4. The maximum Gasteiger partial charge on any atom is 0.271 e. The van der Waals surface area contributed by atoms with Gasteiger partial charge in [-0.25, -0.2) is 18.1 Å². The van der Waals surface area contributed by atoms with Gasteiger partial charge < -0.3 is 11.1 Å². The second-order valence-electron chi connectivity index (χ2n) is 4.81. The summed E-state index contributed by atoms with van der Waals surface area (Å²) >= 11 is 1.33. The molecule has 4 N–H and O–H groups in total. The predicted octanol–water partition coefficient (Wildman–Crippen LogP) is 1.00. The second kappa shape index (κ2) is 7.18. The molecule has 2 rings (SSSR count). The summed E-state index contributed by atoms with van der Waals surface area (Å²) in [6.45, 7) is 2.07. The van der Waals surface area contributed by atoms with Crippen LogP contribution in [-0.2, 0) is 16.6 Å². The Bertz CT molecular complexity index is 802. The van der Waals surface area contributed by atoms with Crippen LogP contribution in [0.25, 0.3) is 0 Å². The molecule has 124 valence electrons. The number of aromatic nitrogens is 1. The van der Waals surface area contributed by atoms with Gasteiger partial charge in [0.2, 0.25) is 10.0 Å². The first-order valence-corrected chi connectivity index (χ1v) is 9.22. The Balaban J connectivity index is 2.16. The molecule has 0 saturated carbocycles. The Kier molecular flexibility index (Phi) is 5.47. The maximum absolute atomic E-state index is 12.2. The Hall–Kier alpha value is -1.81. The van der Waals surface area contributed by atoms with Crippen molar-refractivity contribution < 1.29 is 13.2 Å². The molecule has 1 heterocycles. The van der Waals surface area contributed by atoms with E-state index in [0.29, 0.717) is 16.3 Å². The van der Waals surface area contributed by atoms with Crippen LogP contribution in [0, 0.1) is 0 Å². The summed E-state index contributed by atoms with van der Waals surface area (Å²) in [7, 11) is -2.17. The number of nitrogens with zero attached hydrogens (tertiary/aromatic N) is 1. The van der Waals surface area contributed by atoms with Crippen molar-refractivity contribution in [1.29, 1.82) is 0 Å². The van der Waals surface area contributed by atoms with Crippen molar-refractivity contribution in [2.24, 2.45) is 5.73 Å². The minimum absolute atomic E-state index is 0.151. The minimum atomic E-state index is -3.52. The van der Waals surface area contributed by atoms with E-state index in [2.05, 4.69) is 15.0 Å². The molecule has 0 radical (unpaired) electrons. The lowest BCUT2D eigenvalue weighted by Crippen LogP contribution is -2.27. The third-order valence-electron chi connectivity index (χ3n) is 3.24. The molecule has 1 unspecified atom stereocenters. The molecular formula is C14H18N4O3S2. The first-order chi connectivity index (χ1) is 10.9. The lowest BCUT2D eigenvalue weighted by molar-refractivity contribution is 0.0935. The van der Waals surface area contributed by atoms with Crippen LogP contribution in [0.3, 0.4) is 0 Å². The summed E-state index contributed by atoms with van der Waals surface area (Å²) in [5.74, 6) is -0.324. The van der Waals surface area contributed by atoms with E-state index in [9.17, 15) is 13.2 Å². The molecular weight excluding hydrogens is 336 g/mol. The molecule has 0 aliphatic rings. The zero-order valence-electron chi connectivity index (χ0n) is 12.7. The van der Waals surface area contributed by atoms with Crippen molar-refractivity contribution in [3.63, 3.8) is 0 Å². The number of carbonyl (C=O) groups excluding carboxylic acids is 1. The second-order valence-corrected chi connectivity index (χ2v) is 7.63. The number of thiazole rings is 1. The topological polar surface area (TPSA) is 114 Å². The Morgan fingerprint density at radius 2 is 2.17 bits per heavy atom. The van der Waals surface area contributed by atoms with Crippen LogP contribution in [0.5, 0.6) is 0 Å². The molecule has 0 aliphatic heterocycles. The Labute approximate surface area is 139 Å². The van der Waals surface area contributed by atoms with Gasteiger partial charge in [-0.2, -0.15) is 0 Å². The van der Waals surface area contributed by atoms with Gasteiger partial charge in [-0.3, -0.25) is 4.79 Å². The third-order valence-corrected chi connectivity index (χ3v) is 5.53. The van der Waals surface area contributed by atoms with Crippen LogP contribution >= 0.6 is 11.3 Å². The van der Waals surface area contributed by atoms with E-state index in [1.807, 2.05) is 0 Å². The minimum Gasteiger partial charge on any atom is -0.344 e. The SMILES string of the molecule is CNS(=O)(=O)c1cccc(C(C)NC(=O)c2csc(CN)n2)c1. The van der Waals surface area contributed by atoms with Crippen LogP contribution in [0.15, 0.2) is 34.5 Å². The average Bonchev–Trinajstić information content (AvgIpc) is 3.04. The van der Waals surface area contributed by atoms with Gasteiger partial charge in [-0.1, -0.05) is 12.1 Å². The summed E-state index contributed by atoms with van der Waals surface area (Å²) in [5.41, 5.74) is 6.47. The highest BCUT2D eigenvalue weighted by Gasteiger charge is 2.17. The number of rotatable bonds is 6. The zero-order valence-corrected chi connectivity index (χ0v) is 14.4. The maximum atomic E-state index is 12.2. The van der Waals surface area contributed by atoms with Gasteiger partial charge in [0, 0.05) is 11.9 Å². The van der Waals surface area contributed by atoms with Gasteiger partial charge in [0.15, 0.2) is 0 Å². The highest BCUT2D eigenvalue weighted by atomic mass is 32.2. The number of sulfonamides is 1. The fourth-order valence-corrected chi connectivity index (χ4v) is 3.37. The summed E-state index contributed by atoms with van der Waals surface area (Å²) in [5, 5.41) is 5.13. The molecule has 0 aliphatic carbocycles. The smallest absolute Gasteiger partial charge is 0.271 e. The van der Waals surface area contributed by atoms with Crippen molar-refractivity contribution in [3.05, 3.63) is 45.9 Å². The Morgan fingerprint density at radius 1 is 1.43 bits per heavy atom. The first kappa shape index (κ1) is 17.5. The molecule has 1 aromatic heterocycles. The standard InChI is InChI=1S/C14H18N4O3S2/c1-9(17-14(19)12-8-22-13(7-15)18-12)10-4-3-5-11(6-10)23(20,21)16-2/h3-6,8-9,16H,7,15H2,1-2H3,(H,17,19). The molecule has 23 heavy (non-hydrogen) atoms. The molecule has 0 fully saturated rings. The predicted molar refractivity (Wildman–Crippen MR) is 88.6 cm³/mol. The molecule has 1 aromatic carbocycles. The number of benzene rings is 1. The van der Waals surface area contributed by atoms with E-state index in [4.69, 9.17) is 5.73 Å². The molecule has 1 amide bonds. The summed E-state index contributed by atoms with van der Waals surface area (Å²) < 4.78 is 25.9. The van der Waals surface area contributed by atoms with Crippen molar-refractivity contribution in [1.82, 2.24) is 15.0 Å². The molecule has 7 nitrogen and oxygen atoms in total. The first-order valence-electron chi connectivity index (χ1n) is 6.86. The van der Waals surface area contributed by atoms with Crippen molar-refractivity contribution in [2.45, 2.75) is 24.4 Å². The van der Waals surface area contributed by atoms with Crippen molar-refractivity contribution in [3.8, 4) is 0 Å². The van der Waals surface area contributed by atoms with Crippen LogP contribution in [-0.4, -0.2) is 26.4 Å². The molecule has 0 bridgehead atoms. The zero-order chi connectivity index (χ0) is 17.0. The lowest BCUT2D eigenvalue weighted by Gasteiger charge is -2.14. The van der Waals surface area contributed by atoms with Crippen LogP contribution in [0.4, 0.5) is 0 Å². The number of amides is 1. The summed E-state index contributed by atoms with van der Waals surface area (Å²) in [6.07, 6.45) is 0. The number of hydrogen-bond donors (Lipinski definition) is 3. The average molecular weight is 354 g/mol. The normalized spacial score (nSPS) is 12.8. The van der Waals surface area contributed by atoms with Gasteiger partial charge in [0.25, 0.3) is 5.91 Å². The van der Waals surface area contributed by atoms with Gasteiger partial charge in [-0.15, -0.1) is 11.3 Å². The fraction of sp³-hybridized carbons (Fsp3) is 0.286. The molecule has 0 spiro atoms. The number of nitrogens with one attached hydrogen (secondary N) is 2. The highest BCUT2D eigenvalue weighted by molar-refractivity contribution is 7.89. The third kappa shape index (κ3) is 4.14. The quantitative estimate of drug-likeness (QED) is 0.716. The Morgan fingerprint density at radius 3 is 2.78 bits per heavy atom. The lowest BCUT2D eigenvalue weighted by atomic mass is 10.1. The van der Waals surface area contributed by atoms with Gasteiger partial charge in [-0.05, 0) is 31.7 Å². The molecule has 0 saturated heterocycles. The van der Waals surface area contributed by atoms with E-state index in [1.165, 1.54) is 30.5 Å². The van der Waals surface area contributed by atoms with Gasteiger partial charge in [0.1, 0.15) is 10.7 Å². The van der Waals surface area contributed by atoms with Crippen molar-refractivity contribution in [2.75, 3.05) is 7.05 Å². The van der Waals surface area contributed by atoms with E-state index < -0.39 is 10.0 Å². The number of nitrogens with two attached hydrogens (primary N) is 1. The van der Waals surface area contributed by atoms with E-state index in [1.54, 1.807) is 24.4 Å². The van der Waals surface area contributed by atoms with E-state index in [-0.39, 0.29) is 23.4 Å². The molecule has 2 aromatic rings. The summed E-state index contributed by atoms with van der Waals surface area (Å²) in [6, 6.07) is 6.06. The molecule has 1 atom stereocenters.